The monoisotopic (exact) mass is 435 g/mol. The highest BCUT2D eigenvalue weighted by Crippen LogP contribution is 2.28. The van der Waals surface area contributed by atoms with Gasteiger partial charge in [0.05, 0.1) is 31.0 Å². The molecule has 31 heavy (non-hydrogen) atoms. The van der Waals surface area contributed by atoms with Gasteiger partial charge in [-0.2, -0.15) is 0 Å². The number of carbonyl (C=O) groups excluding carboxylic acids is 4. The van der Waals surface area contributed by atoms with Gasteiger partial charge in [0.25, 0.3) is 0 Å². The summed E-state index contributed by atoms with van der Waals surface area (Å²) in [4.78, 5) is 51.0. The minimum Gasteiger partial charge on any atom is -0.442 e. The number of hydrogen-bond acceptors (Lipinski definition) is 6. The zero-order valence-electron chi connectivity index (χ0n) is 17.5. The van der Waals surface area contributed by atoms with Crippen molar-refractivity contribution in [3.05, 3.63) is 24.0 Å². The van der Waals surface area contributed by atoms with Gasteiger partial charge in [0, 0.05) is 40.0 Å². The second-order valence-electron chi connectivity index (χ2n) is 7.47. The van der Waals surface area contributed by atoms with Crippen molar-refractivity contribution in [2.45, 2.75) is 20.0 Å². The number of anilines is 2. The van der Waals surface area contributed by atoms with E-state index in [1.807, 2.05) is 4.90 Å². The highest BCUT2D eigenvalue weighted by molar-refractivity contribution is 5.90. The molecule has 3 rings (SSSR count). The third kappa shape index (κ3) is 5.62. The molecule has 4 amide bonds. The Morgan fingerprint density at radius 2 is 1.77 bits per heavy atom. The minimum atomic E-state index is -0.589. The molecule has 0 bridgehead atoms. The molecule has 11 heteroatoms. The first-order chi connectivity index (χ1) is 14.7. The Morgan fingerprint density at radius 1 is 1.10 bits per heavy atom. The van der Waals surface area contributed by atoms with Gasteiger partial charge in [0.2, 0.25) is 17.7 Å². The molecule has 0 aromatic heterocycles. The van der Waals surface area contributed by atoms with Crippen molar-refractivity contribution in [2.24, 2.45) is 0 Å². The van der Waals surface area contributed by atoms with E-state index in [2.05, 4.69) is 10.6 Å². The van der Waals surface area contributed by atoms with E-state index in [1.165, 1.54) is 24.8 Å². The third-order valence-corrected chi connectivity index (χ3v) is 5.16. The fourth-order valence-corrected chi connectivity index (χ4v) is 3.53. The molecule has 0 radical (unpaired) electrons. The van der Waals surface area contributed by atoms with Crippen molar-refractivity contribution in [3.8, 4) is 0 Å². The lowest BCUT2D eigenvalue weighted by Crippen LogP contribution is -2.51. The first kappa shape index (κ1) is 22.3. The molecule has 2 aliphatic heterocycles. The van der Waals surface area contributed by atoms with Crippen molar-refractivity contribution in [3.63, 3.8) is 0 Å². The number of hydrogen-bond donors (Lipinski definition) is 2. The fourth-order valence-electron chi connectivity index (χ4n) is 3.53. The van der Waals surface area contributed by atoms with Crippen LogP contribution in [0.5, 0.6) is 0 Å². The smallest absolute Gasteiger partial charge is 0.414 e. The molecule has 2 fully saturated rings. The minimum absolute atomic E-state index is 0.0484. The van der Waals surface area contributed by atoms with Crippen LogP contribution in [0.25, 0.3) is 0 Å². The van der Waals surface area contributed by atoms with Crippen LogP contribution in [-0.2, 0) is 19.1 Å². The number of amides is 4. The van der Waals surface area contributed by atoms with Crippen LogP contribution in [0.2, 0.25) is 0 Å². The van der Waals surface area contributed by atoms with Crippen LogP contribution in [-0.4, -0.2) is 80.6 Å². The molecular formula is C20H26FN5O5. The summed E-state index contributed by atoms with van der Waals surface area (Å²) >= 11 is 0. The van der Waals surface area contributed by atoms with Gasteiger partial charge in [0.15, 0.2) is 0 Å². The largest absolute Gasteiger partial charge is 0.442 e. The Labute approximate surface area is 179 Å². The summed E-state index contributed by atoms with van der Waals surface area (Å²) in [5.41, 5.74) is 0.765. The normalized spacial score (nSPS) is 18.6. The molecule has 168 valence electrons. The number of nitrogens with zero attached hydrogens (tertiary/aromatic N) is 3. The second-order valence-corrected chi connectivity index (χ2v) is 7.47. The van der Waals surface area contributed by atoms with E-state index in [1.54, 1.807) is 17.0 Å². The van der Waals surface area contributed by atoms with Gasteiger partial charge in [-0.1, -0.05) is 0 Å². The van der Waals surface area contributed by atoms with Gasteiger partial charge in [-0.3, -0.25) is 19.3 Å². The Morgan fingerprint density at radius 3 is 2.39 bits per heavy atom. The van der Waals surface area contributed by atoms with E-state index in [-0.39, 0.29) is 37.4 Å². The maximum atomic E-state index is 14.8. The summed E-state index contributed by atoms with van der Waals surface area (Å²) in [7, 11) is 0. The van der Waals surface area contributed by atoms with E-state index < -0.39 is 18.0 Å². The fraction of sp³-hybridized carbons (Fsp3) is 0.500. The van der Waals surface area contributed by atoms with Crippen molar-refractivity contribution in [1.29, 1.82) is 0 Å². The van der Waals surface area contributed by atoms with Crippen molar-refractivity contribution in [2.75, 3.05) is 55.6 Å². The first-order valence-corrected chi connectivity index (χ1v) is 10.0. The second kappa shape index (κ2) is 9.63. The van der Waals surface area contributed by atoms with Gasteiger partial charge in [0.1, 0.15) is 11.9 Å². The Balaban J connectivity index is 1.58. The molecule has 0 spiro atoms. The molecule has 10 nitrogen and oxygen atoms in total. The zero-order valence-corrected chi connectivity index (χ0v) is 17.5. The molecule has 0 aliphatic carbocycles. The number of ether oxygens (including phenoxy) is 1. The average molecular weight is 435 g/mol. The van der Waals surface area contributed by atoms with Crippen LogP contribution in [0.1, 0.15) is 13.8 Å². The maximum absolute atomic E-state index is 14.8. The maximum Gasteiger partial charge on any atom is 0.414 e. The summed E-state index contributed by atoms with van der Waals surface area (Å²) < 4.78 is 20.0. The number of halogens is 1. The molecule has 0 saturated carbocycles. The molecule has 1 aromatic rings. The lowest BCUT2D eigenvalue weighted by atomic mass is 10.2. The van der Waals surface area contributed by atoms with Crippen molar-refractivity contribution >= 4 is 35.2 Å². The van der Waals surface area contributed by atoms with Crippen molar-refractivity contribution in [1.82, 2.24) is 15.5 Å². The predicted molar refractivity (Wildman–Crippen MR) is 110 cm³/mol. The van der Waals surface area contributed by atoms with Crippen LogP contribution in [0.15, 0.2) is 18.2 Å². The van der Waals surface area contributed by atoms with Crippen LogP contribution >= 0.6 is 0 Å². The number of rotatable bonds is 6. The quantitative estimate of drug-likeness (QED) is 0.654. The van der Waals surface area contributed by atoms with E-state index >= 15 is 0 Å². The summed E-state index contributed by atoms with van der Waals surface area (Å²) in [5.74, 6) is -1.14. The summed E-state index contributed by atoms with van der Waals surface area (Å²) in [6.07, 6.45) is -1.09. The van der Waals surface area contributed by atoms with Crippen LogP contribution in [0, 0.1) is 5.82 Å². The van der Waals surface area contributed by atoms with Crippen molar-refractivity contribution < 1.29 is 28.3 Å². The van der Waals surface area contributed by atoms with Gasteiger partial charge in [-0.05, 0) is 18.2 Å². The number of nitrogens with one attached hydrogen (secondary N) is 2. The number of cyclic esters (lactones) is 1. The molecule has 1 atom stereocenters. The number of piperazine rings is 1. The van der Waals surface area contributed by atoms with Gasteiger partial charge < -0.3 is 25.2 Å². The van der Waals surface area contributed by atoms with E-state index in [0.29, 0.717) is 37.6 Å². The molecule has 2 saturated heterocycles. The Bertz CT molecular complexity index is 872. The molecule has 2 N–H and O–H groups in total. The van der Waals surface area contributed by atoms with Gasteiger partial charge in [-0.25, -0.2) is 9.18 Å². The van der Waals surface area contributed by atoms with E-state index in [0.717, 1.165) is 0 Å². The standard InChI is InChI=1S/C20H26FN5O5/c1-13(27)22-10-16-12-26(20(30)31-16)15-3-4-18(17(21)9-15)24-5-7-25(8-6-24)19(29)11-23-14(2)28/h3-4,9,16H,5-8,10-12H2,1-2H3,(H,22,27)(H,23,28)/t16-/m0/s1. The molecule has 2 aliphatic rings. The van der Waals surface area contributed by atoms with Crippen LogP contribution in [0.3, 0.4) is 0 Å². The Hall–Kier alpha value is -3.37. The first-order valence-electron chi connectivity index (χ1n) is 10.0. The topological polar surface area (TPSA) is 111 Å². The lowest BCUT2D eigenvalue weighted by molar-refractivity contribution is -0.132. The van der Waals surface area contributed by atoms with E-state index in [9.17, 15) is 23.6 Å². The zero-order chi connectivity index (χ0) is 22.5. The molecule has 0 unspecified atom stereocenters. The average Bonchev–Trinajstić information content (AvgIpc) is 3.11. The number of carbonyl (C=O) groups is 4. The SMILES string of the molecule is CC(=O)NCC(=O)N1CCN(c2ccc(N3C[C@H](CNC(C)=O)OC3=O)cc2F)CC1. The molecule has 1 aromatic carbocycles. The predicted octanol–water partition coefficient (Wildman–Crippen LogP) is 0.0717. The summed E-state index contributed by atoms with van der Waals surface area (Å²) in [5, 5.41) is 5.08. The summed E-state index contributed by atoms with van der Waals surface area (Å²) in [6, 6.07) is 4.54. The molecule has 2 heterocycles. The Kier molecular flexibility index (Phi) is 6.93. The lowest BCUT2D eigenvalue weighted by Gasteiger charge is -2.36. The number of benzene rings is 1. The molecular weight excluding hydrogens is 409 g/mol. The summed E-state index contributed by atoms with van der Waals surface area (Å²) in [6.45, 7) is 4.83. The third-order valence-electron chi connectivity index (χ3n) is 5.16. The highest BCUT2D eigenvalue weighted by atomic mass is 19.1. The van der Waals surface area contributed by atoms with Crippen LogP contribution in [0.4, 0.5) is 20.6 Å². The highest BCUT2D eigenvalue weighted by Gasteiger charge is 2.33. The van der Waals surface area contributed by atoms with Crippen LogP contribution < -0.4 is 20.4 Å². The van der Waals surface area contributed by atoms with Gasteiger partial charge >= 0.3 is 6.09 Å². The van der Waals surface area contributed by atoms with Gasteiger partial charge in [-0.15, -0.1) is 0 Å². The van der Waals surface area contributed by atoms with E-state index in [4.69, 9.17) is 4.74 Å².